The number of nitrogens with one attached hydrogen (secondary N) is 1. The number of carbonyl (C=O) groups is 1. The summed E-state index contributed by atoms with van der Waals surface area (Å²) in [5, 5.41) is 3.35. The first-order chi connectivity index (χ1) is 9.58. The van der Waals surface area contributed by atoms with Crippen molar-refractivity contribution < 1.29 is 4.79 Å². The summed E-state index contributed by atoms with van der Waals surface area (Å²) in [5.74, 6) is -0.281. The second kappa shape index (κ2) is 8.59. The second-order valence-electron chi connectivity index (χ2n) is 5.15. The minimum atomic E-state index is -0.281. The molecule has 3 N–H and O–H groups in total. The Kier molecular flexibility index (Phi) is 7.09. The summed E-state index contributed by atoms with van der Waals surface area (Å²) in [7, 11) is 0. The molecule has 0 atom stereocenters. The van der Waals surface area contributed by atoms with Crippen LogP contribution in [0.4, 0.5) is 5.69 Å². The van der Waals surface area contributed by atoms with Crippen LogP contribution in [0.1, 0.15) is 37.8 Å². The van der Waals surface area contributed by atoms with Gasteiger partial charge in [0.15, 0.2) is 0 Å². The van der Waals surface area contributed by atoms with E-state index in [9.17, 15) is 4.79 Å². The fraction of sp³-hybridized carbons (Fsp3) is 0.562. The Hall–Kier alpha value is -1.55. The van der Waals surface area contributed by atoms with Crippen LogP contribution < -0.4 is 16.0 Å². The largest absolute Gasteiger partial charge is 0.368 e. The molecule has 1 aromatic rings. The third-order valence-corrected chi connectivity index (χ3v) is 3.27. The van der Waals surface area contributed by atoms with E-state index < -0.39 is 0 Å². The minimum Gasteiger partial charge on any atom is -0.368 e. The molecule has 0 spiro atoms. The first-order valence-corrected chi connectivity index (χ1v) is 7.42. The molecule has 0 saturated heterocycles. The van der Waals surface area contributed by atoms with Crippen LogP contribution >= 0.6 is 0 Å². The highest BCUT2D eigenvalue weighted by Gasteiger charge is 2.13. The van der Waals surface area contributed by atoms with Crippen LogP contribution in [0.15, 0.2) is 18.2 Å². The zero-order valence-corrected chi connectivity index (χ0v) is 12.9. The lowest BCUT2D eigenvalue weighted by atomic mass is 10.1. The number of nitrogens with zero attached hydrogens (tertiary/aromatic N) is 1. The number of aryl methyl sites for hydroxylation is 1. The molecule has 0 heterocycles. The third kappa shape index (κ3) is 5.21. The first-order valence-electron chi connectivity index (χ1n) is 7.42. The number of primary amides is 1. The van der Waals surface area contributed by atoms with E-state index in [2.05, 4.69) is 49.2 Å². The van der Waals surface area contributed by atoms with Crippen molar-refractivity contribution in [3.8, 4) is 0 Å². The number of unbranched alkanes of at least 4 members (excludes halogenated alkanes) is 1. The Labute approximate surface area is 122 Å². The number of anilines is 1. The number of carbonyl (C=O) groups excluding carboxylic acids is 1. The van der Waals surface area contributed by atoms with E-state index in [1.54, 1.807) is 0 Å². The van der Waals surface area contributed by atoms with Gasteiger partial charge in [0.2, 0.25) is 5.91 Å². The van der Waals surface area contributed by atoms with Crippen molar-refractivity contribution in [2.45, 2.75) is 40.2 Å². The van der Waals surface area contributed by atoms with E-state index in [-0.39, 0.29) is 12.5 Å². The van der Waals surface area contributed by atoms with Gasteiger partial charge in [0.1, 0.15) is 0 Å². The summed E-state index contributed by atoms with van der Waals surface area (Å²) in [5.41, 5.74) is 8.96. The fourth-order valence-corrected chi connectivity index (χ4v) is 2.25. The highest BCUT2D eigenvalue weighted by atomic mass is 16.1. The molecule has 0 aromatic heterocycles. The van der Waals surface area contributed by atoms with Gasteiger partial charge >= 0.3 is 0 Å². The van der Waals surface area contributed by atoms with Gasteiger partial charge in [-0.1, -0.05) is 38.0 Å². The molecule has 112 valence electrons. The molecule has 4 heteroatoms. The average Bonchev–Trinajstić information content (AvgIpc) is 2.41. The minimum absolute atomic E-state index is 0.280. The number of benzene rings is 1. The fourth-order valence-electron chi connectivity index (χ4n) is 2.25. The standard InChI is InChI=1S/C16H27N3O/c1-4-6-9-19(12-16(17)20)15-8-7-13(3)10-14(15)11-18-5-2/h7-8,10,18H,4-6,9,11-12H2,1-3H3,(H2,17,20). The highest BCUT2D eigenvalue weighted by Crippen LogP contribution is 2.22. The quantitative estimate of drug-likeness (QED) is 0.727. The van der Waals surface area contributed by atoms with E-state index in [0.29, 0.717) is 0 Å². The summed E-state index contributed by atoms with van der Waals surface area (Å²) in [4.78, 5) is 13.4. The smallest absolute Gasteiger partial charge is 0.236 e. The van der Waals surface area contributed by atoms with Gasteiger partial charge in [-0.3, -0.25) is 4.79 Å². The van der Waals surface area contributed by atoms with E-state index in [4.69, 9.17) is 5.73 Å². The number of hydrogen-bond donors (Lipinski definition) is 2. The second-order valence-corrected chi connectivity index (χ2v) is 5.15. The van der Waals surface area contributed by atoms with Crippen LogP contribution in [-0.4, -0.2) is 25.5 Å². The van der Waals surface area contributed by atoms with Crippen LogP contribution in [0, 0.1) is 6.92 Å². The Balaban J connectivity index is 2.99. The van der Waals surface area contributed by atoms with Gasteiger partial charge in [-0.25, -0.2) is 0 Å². The van der Waals surface area contributed by atoms with Gasteiger partial charge in [0.25, 0.3) is 0 Å². The monoisotopic (exact) mass is 277 g/mol. The molecule has 0 unspecified atom stereocenters. The average molecular weight is 277 g/mol. The van der Waals surface area contributed by atoms with E-state index in [1.165, 1.54) is 11.1 Å². The summed E-state index contributed by atoms with van der Waals surface area (Å²) in [6, 6.07) is 6.36. The molecule has 0 fully saturated rings. The van der Waals surface area contributed by atoms with Crippen LogP contribution in [0.3, 0.4) is 0 Å². The molecule has 4 nitrogen and oxygen atoms in total. The lowest BCUT2D eigenvalue weighted by Crippen LogP contribution is -2.35. The lowest BCUT2D eigenvalue weighted by molar-refractivity contribution is -0.116. The molecule has 1 rings (SSSR count). The summed E-state index contributed by atoms with van der Waals surface area (Å²) in [6.45, 7) is 9.21. The zero-order chi connectivity index (χ0) is 15.0. The number of amides is 1. The van der Waals surface area contributed by atoms with E-state index in [0.717, 1.165) is 38.2 Å². The maximum atomic E-state index is 11.3. The van der Waals surface area contributed by atoms with E-state index in [1.807, 2.05) is 0 Å². The molecule has 0 radical (unpaired) electrons. The topological polar surface area (TPSA) is 58.4 Å². The van der Waals surface area contributed by atoms with Crippen molar-refractivity contribution in [3.63, 3.8) is 0 Å². The molecule has 1 amide bonds. The lowest BCUT2D eigenvalue weighted by Gasteiger charge is -2.26. The third-order valence-electron chi connectivity index (χ3n) is 3.27. The van der Waals surface area contributed by atoms with Gasteiger partial charge in [-0.05, 0) is 31.5 Å². The molecular weight excluding hydrogens is 250 g/mol. The van der Waals surface area contributed by atoms with Crippen molar-refractivity contribution in [2.24, 2.45) is 5.73 Å². The Morgan fingerprint density at radius 1 is 1.35 bits per heavy atom. The molecular formula is C16H27N3O. The van der Waals surface area contributed by atoms with Gasteiger partial charge < -0.3 is 16.0 Å². The van der Waals surface area contributed by atoms with Crippen molar-refractivity contribution in [1.29, 1.82) is 0 Å². The maximum Gasteiger partial charge on any atom is 0.236 e. The first kappa shape index (κ1) is 16.5. The molecule has 0 bridgehead atoms. The normalized spacial score (nSPS) is 10.6. The Morgan fingerprint density at radius 2 is 2.10 bits per heavy atom. The maximum absolute atomic E-state index is 11.3. The summed E-state index contributed by atoms with van der Waals surface area (Å²) in [6.07, 6.45) is 2.16. The zero-order valence-electron chi connectivity index (χ0n) is 12.9. The van der Waals surface area contributed by atoms with Crippen LogP contribution in [0.25, 0.3) is 0 Å². The van der Waals surface area contributed by atoms with Crippen molar-refractivity contribution >= 4 is 11.6 Å². The van der Waals surface area contributed by atoms with Crippen LogP contribution in [-0.2, 0) is 11.3 Å². The molecule has 20 heavy (non-hydrogen) atoms. The predicted octanol–water partition coefficient (Wildman–Crippen LogP) is 2.20. The van der Waals surface area contributed by atoms with Crippen LogP contribution in [0.2, 0.25) is 0 Å². The van der Waals surface area contributed by atoms with E-state index >= 15 is 0 Å². The predicted molar refractivity (Wildman–Crippen MR) is 84.9 cm³/mol. The highest BCUT2D eigenvalue weighted by molar-refractivity contribution is 5.80. The van der Waals surface area contributed by atoms with Crippen molar-refractivity contribution in [2.75, 3.05) is 24.5 Å². The molecule has 1 aromatic carbocycles. The summed E-state index contributed by atoms with van der Waals surface area (Å²) >= 11 is 0. The molecule has 0 aliphatic carbocycles. The van der Waals surface area contributed by atoms with Gasteiger partial charge in [-0.2, -0.15) is 0 Å². The molecule has 0 aliphatic rings. The molecule has 0 aliphatic heterocycles. The number of nitrogens with two attached hydrogens (primary N) is 1. The van der Waals surface area contributed by atoms with Gasteiger partial charge in [0, 0.05) is 18.8 Å². The van der Waals surface area contributed by atoms with Crippen molar-refractivity contribution in [1.82, 2.24) is 5.32 Å². The van der Waals surface area contributed by atoms with Crippen LogP contribution in [0.5, 0.6) is 0 Å². The Bertz CT molecular complexity index is 432. The Morgan fingerprint density at radius 3 is 2.70 bits per heavy atom. The molecule has 0 saturated carbocycles. The SMILES string of the molecule is CCCCN(CC(N)=O)c1ccc(C)cc1CNCC. The van der Waals surface area contributed by atoms with Gasteiger partial charge in [-0.15, -0.1) is 0 Å². The van der Waals surface area contributed by atoms with Crippen molar-refractivity contribution in [3.05, 3.63) is 29.3 Å². The number of hydrogen-bond acceptors (Lipinski definition) is 3. The summed E-state index contributed by atoms with van der Waals surface area (Å²) < 4.78 is 0. The number of rotatable bonds is 9. The van der Waals surface area contributed by atoms with Gasteiger partial charge in [0.05, 0.1) is 6.54 Å².